The zero-order valence-electron chi connectivity index (χ0n) is 4.15. The van der Waals surface area contributed by atoms with Crippen LogP contribution in [0.3, 0.4) is 0 Å². The van der Waals surface area contributed by atoms with Crippen molar-refractivity contribution in [2.24, 2.45) is 0 Å². The summed E-state index contributed by atoms with van der Waals surface area (Å²) in [6.45, 7) is 3.50. The van der Waals surface area contributed by atoms with Crippen LogP contribution in [-0.2, 0) is 0 Å². The summed E-state index contributed by atoms with van der Waals surface area (Å²) in [5, 5.41) is 0. The molecule has 0 heterocycles. The van der Waals surface area contributed by atoms with Crippen LogP contribution in [0.15, 0.2) is 30.4 Å². The summed E-state index contributed by atoms with van der Waals surface area (Å²) in [7, 11) is 0. The van der Waals surface area contributed by atoms with Crippen molar-refractivity contribution in [1.82, 2.24) is 0 Å². The maximum atomic E-state index is 3.50. The molecule has 0 fully saturated rings. The molecule has 0 aromatic heterocycles. The number of allylic oxidation sites excluding steroid dienone is 5. The lowest BCUT2D eigenvalue weighted by Gasteiger charge is -1.62. The molecule has 0 radical (unpaired) electrons. The number of hydrogen-bond donors (Lipinski definition) is 0. The average Bonchev–Trinajstić information content (AvgIpc) is 2.14. The highest BCUT2D eigenvalue weighted by atomic mass is 13.9. The van der Waals surface area contributed by atoms with Crippen LogP contribution >= 0.6 is 0 Å². The summed E-state index contributed by atoms with van der Waals surface area (Å²) in [5.74, 6) is 0. The largest absolute Gasteiger partial charge is 0.183 e. The molecule has 0 saturated carbocycles. The van der Waals surface area contributed by atoms with Gasteiger partial charge < -0.3 is 0 Å². The topological polar surface area (TPSA) is 0 Å². The summed E-state index contributed by atoms with van der Waals surface area (Å²) >= 11 is 0. The molecule has 7 heavy (non-hydrogen) atoms. The van der Waals surface area contributed by atoms with E-state index in [0.717, 1.165) is 12.0 Å². The Morgan fingerprint density at radius 2 is 2.57 bits per heavy atom. The molecule has 0 bridgehead atoms. The van der Waals surface area contributed by atoms with E-state index in [1.54, 1.807) is 0 Å². The van der Waals surface area contributed by atoms with Crippen LogP contribution in [-0.4, -0.2) is 0 Å². The van der Waals surface area contributed by atoms with E-state index in [0.29, 0.717) is 0 Å². The Kier molecular flexibility index (Phi) is 1.06. The lowest BCUT2D eigenvalue weighted by atomic mass is 10.3. The fourth-order valence-corrected chi connectivity index (χ4v) is 0.589. The summed E-state index contributed by atoms with van der Waals surface area (Å²) < 4.78 is 0. The molecule has 0 N–H and O–H groups in total. The Bertz CT molecular complexity index is 127. The molecular formula is C7H7+. The average molecular weight is 91.1 g/mol. The minimum Gasteiger partial charge on any atom is -0.00996 e. The predicted octanol–water partition coefficient (Wildman–Crippen LogP) is 1.86. The number of hydrogen-bond acceptors (Lipinski definition) is 0. The van der Waals surface area contributed by atoms with Gasteiger partial charge >= 0.3 is 0 Å². The molecule has 0 spiro atoms. The Balaban J connectivity index is 2.69. The van der Waals surface area contributed by atoms with Crippen LogP contribution in [0, 0.1) is 6.08 Å². The van der Waals surface area contributed by atoms with Crippen molar-refractivity contribution in [3.63, 3.8) is 0 Å². The molecule has 1 aliphatic carbocycles. The minimum absolute atomic E-state index is 1.05. The molecule has 0 saturated heterocycles. The fourth-order valence-electron chi connectivity index (χ4n) is 0.589. The SMILES string of the molecule is C=[C+]C1=CCC=C1. The van der Waals surface area contributed by atoms with Crippen LogP contribution in [0.4, 0.5) is 0 Å². The van der Waals surface area contributed by atoms with Gasteiger partial charge in [0.25, 0.3) is 0 Å². The summed E-state index contributed by atoms with van der Waals surface area (Å²) in [4.78, 5) is 0. The second-order valence-electron chi connectivity index (χ2n) is 1.47. The molecule has 0 aromatic carbocycles. The standard InChI is InChI=1S/C7H7/c1-2-7-5-3-4-6-7/h3,5-6H,1,4H2/q+1. The van der Waals surface area contributed by atoms with E-state index < -0.39 is 0 Å². The van der Waals surface area contributed by atoms with Crippen molar-refractivity contribution in [3.8, 4) is 0 Å². The lowest BCUT2D eigenvalue weighted by molar-refractivity contribution is 1.44. The first-order valence-electron chi connectivity index (χ1n) is 2.33. The van der Waals surface area contributed by atoms with Crippen LogP contribution in [0.2, 0.25) is 0 Å². The molecule has 1 aliphatic rings. The first kappa shape index (κ1) is 4.29. The molecule has 1 rings (SSSR count). The molecule has 0 nitrogen and oxygen atoms in total. The van der Waals surface area contributed by atoms with Crippen LogP contribution in [0.5, 0.6) is 0 Å². The zero-order valence-corrected chi connectivity index (χ0v) is 4.15. The quantitative estimate of drug-likeness (QED) is 0.432. The monoisotopic (exact) mass is 91.1 g/mol. The van der Waals surface area contributed by atoms with Crippen molar-refractivity contribution in [3.05, 3.63) is 36.5 Å². The van der Waals surface area contributed by atoms with Gasteiger partial charge in [-0.3, -0.25) is 0 Å². The molecular weight excluding hydrogens is 84.1 g/mol. The Hall–Kier alpha value is -0.870. The summed E-state index contributed by atoms with van der Waals surface area (Å²) in [5.41, 5.74) is 1.13. The maximum Gasteiger partial charge on any atom is 0.183 e. The van der Waals surface area contributed by atoms with Crippen molar-refractivity contribution in [2.45, 2.75) is 6.42 Å². The van der Waals surface area contributed by atoms with Gasteiger partial charge in [-0.05, 0) is 6.08 Å². The first-order valence-corrected chi connectivity index (χ1v) is 2.33. The van der Waals surface area contributed by atoms with E-state index in [-0.39, 0.29) is 0 Å². The molecule has 0 aliphatic heterocycles. The van der Waals surface area contributed by atoms with Gasteiger partial charge in [0.05, 0.1) is 6.08 Å². The van der Waals surface area contributed by atoms with Gasteiger partial charge in [0.2, 0.25) is 0 Å². The third-order valence-corrected chi connectivity index (χ3v) is 0.975. The van der Waals surface area contributed by atoms with E-state index in [9.17, 15) is 0 Å². The Labute approximate surface area is 43.9 Å². The van der Waals surface area contributed by atoms with Gasteiger partial charge in [0.1, 0.15) is 0 Å². The van der Waals surface area contributed by atoms with Crippen molar-refractivity contribution in [1.29, 1.82) is 0 Å². The van der Waals surface area contributed by atoms with Crippen LogP contribution < -0.4 is 0 Å². The van der Waals surface area contributed by atoms with Gasteiger partial charge in [0.15, 0.2) is 5.57 Å². The van der Waals surface area contributed by atoms with Crippen LogP contribution in [0.25, 0.3) is 0 Å². The normalized spacial score (nSPS) is 16.3. The highest BCUT2D eigenvalue weighted by Gasteiger charge is 2.00. The Morgan fingerprint density at radius 1 is 1.71 bits per heavy atom. The molecule has 34 valence electrons. The van der Waals surface area contributed by atoms with Gasteiger partial charge in [-0.25, -0.2) is 0 Å². The predicted molar refractivity (Wildman–Crippen MR) is 30.7 cm³/mol. The van der Waals surface area contributed by atoms with Crippen molar-refractivity contribution in [2.75, 3.05) is 0 Å². The van der Waals surface area contributed by atoms with E-state index >= 15 is 0 Å². The van der Waals surface area contributed by atoms with Gasteiger partial charge in [-0.15, -0.1) is 0 Å². The van der Waals surface area contributed by atoms with Gasteiger partial charge in [-0.2, -0.15) is 0 Å². The Morgan fingerprint density at radius 3 is 2.86 bits per heavy atom. The lowest BCUT2D eigenvalue weighted by Crippen LogP contribution is -1.58. The highest BCUT2D eigenvalue weighted by molar-refractivity contribution is 5.30. The molecule has 0 unspecified atom stereocenters. The highest BCUT2D eigenvalue weighted by Crippen LogP contribution is 2.06. The third-order valence-electron chi connectivity index (χ3n) is 0.975. The number of rotatable bonds is 1. The van der Waals surface area contributed by atoms with Gasteiger partial charge in [0, 0.05) is 25.2 Å². The molecule has 0 heteroatoms. The first-order chi connectivity index (χ1) is 3.43. The smallest absolute Gasteiger partial charge is 0.00996 e. The third kappa shape index (κ3) is 0.760. The fraction of sp³-hybridized carbons (Fsp3) is 0.143. The van der Waals surface area contributed by atoms with E-state index in [2.05, 4.69) is 24.8 Å². The summed E-state index contributed by atoms with van der Waals surface area (Å²) in [6.07, 6.45) is 10.0. The second kappa shape index (κ2) is 1.72. The summed E-state index contributed by atoms with van der Waals surface area (Å²) in [6, 6.07) is 0. The van der Waals surface area contributed by atoms with E-state index in [1.807, 2.05) is 6.08 Å². The minimum atomic E-state index is 1.05. The van der Waals surface area contributed by atoms with Crippen LogP contribution in [0.1, 0.15) is 6.42 Å². The molecule has 0 atom stereocenters. The van der Waals surface area contributed by atoms with Gasteiger partial charge in [-0.1, -0.05) is 0 Å². The van der Waals surface area contributed by atoms with Crippen molar-refractivity contribution >= 4 is 0 Å². The molecule has 0 aromatic rings. The van der Waals surface area contributed by atoms with Crippen molar-refractivity contribution < 1.29 is 0 Å². The zero-order chi connectivity index (χ0) is 5.11. The second-order valence-corrected chi connectivity index (χ2v) is 1.47. The molecule has 0 amide bonds. The van der Waals surface area contributed by atoms with E-state index in [1.165, 1.54) is 0 Å². The van der Waals surface area contributed by atoms with E-state index in [4.69, 9.17) is 0 Å². The maximum absolute atomic E-state index is 3.50.